The number of ketones is 1. The fourth-order valence-corrected chi connectivity index (χ4v) is 2.04. The number of hydrogen-bond donors (Lipinski definition) is 1. The average Bonchev–Trinajstić information content (AvgIpc) is 2.54. The van der Waals surface area contributed by atoms with E-state index < -0.39 is 0 Å². The summed E-state index contributed by atoms with van der Waals surface area (Å²) in [5.41, 5.74) is 2.18. The standard InChI is InChI=1S/C13H18N2O2/c1-10-3-4-13(17-2)12(7-10)15-6-5-14-8-11(16)9-15/h3-4,7,14H,5-6,8-9H2,1-2H3. The van der Waals surface area contributed by atoms with E-state index in [1.807, 2.05) is 19.1 Å². The second-order valence-corrected chi connectivity index (χ2v) is 4.31. The van der Waals surface area contributed by atoms with Crippen LogP contribution in [0.1, 0.15) is 5.56 Å². The van der Waals surface area contributed by atoms with Crippen molar-refractivity contribution < 1.29 is 9.53 Å². The van der Waals surface area contributed by atoms with Crippen molar-refractivity contribution in [3.8, 4) is 5.75 Å². The molecule has 0 bridgehead atoms. The number of methoxy groups -OCH3 is 1. The van der Waals surface area contributed by atoms with Gasteiger partial charge in [0, 0.05) is 13.1 Å². The molecule has 0 unspecified atom stereocenters. The first-order valence-corrected chi connectivity index (χ1v) is 5.82. The molecule has 1 heterocycles. The van der Waals surface area contributed by atoms with Gasteiger partial charge in [0.05, 0.1) is 25.9 Å². The van der Waals surface area contributed by atoms with Gasteiger partial charge < -0.3 is 15.0 Å². The lowest BCUT2D eigenvalue weighted by molar-refractivity contribution is -0.116. The molecule has 0 saturated carbocycles. The quantitative estimate of drug-likeness (QED) is 0.828. The fraction of sp³-hybridized carbons (Fsp3) is 0.462. The zero-order valence-corrected chi connectivity index (χ0v) is 10.3. The van der Waals surface area contributed by atoms with Crippen LogP contribution in [0.2, 0.25) is 0 Å². The van der Waals surface area contributed by atoms with Crippen molar-refractivity contribution in [2.24, 2.45) is 0 Å². The summed E-state index contributed by atoms with van der Waals surface area (Å²) in [5, 5.41) is 3.12. The van der Waals surface area contributed by atoms with Gasteiger partial charge in [-0.25, -0.2) is 0 Å². The Morgan fingerprint density at radius 2 is 2.24 bits per heavy atom. The molecule has 0 atom stereocenters. The molecule has 2 rings (SSSR count). The van der Waals surface area contributed by atoms with Gasteiger partial charge in [0.1, 0.15) is 5.75 Å². The van der Waals surface area contributed by atoms with Gasteiger partial charge in [-0.05, 0) is 24.6 Å². The molecule has 1 saturated heterocycles. The van der Waals surface area contributed by atoms with E-state index in [-0.39, 0.29) is 5.78 Å². The lowest BCUT2D eigenvalue weighted by Gasteiger charge is -2.24. The van der Waals surface area contributed by atoms with Crippen LogP contribution < -0.4 is 15.0 Å². The second kappa shape index (κ2) is 5.19. The Bertz CT molecular complexity index is 418. The normalized spacial score (nSPS) is 16.8. The highest BCUT2D eigenvalue weighted by Crippen LogP contribution is 2.29. The molecular formula is C13H18N2O2. The summed E-state index contributed by atoms with van der Waals surface area (Å²) in [6, 6.07) is 6.03. The van der Waals surface area contributed by atoms with Gasteiger partial charge in [0.2, 0.25) is 0 Å². The van der Waals surface area contributed by atoms with E-state index >= 15 is 0 Å². The third kappa shape index (κ3) is 2.77. The third-order valence-corrected chi connectivity index (χ3v) is 2.92. The molecule has 0 aliphatic carbocycles. The first kappa shape index (κ1) is 11.9. The molecule has 0 aromatic heterocycles. The number of benzene rings is 1. The molecule has 0 radical (unpaired) electrons. The molecule has 1 aliphatic heterocycles. The maximum absolute atomic E-state index is 11.6. The first-order valence-electron chi connectivity index (χ1n) is 5.82. The number of nitrogens with one attached hydrogen (secondary N) is 1. The molecule has 1 aromatic carbocycles. The number of anilines is 1. The van der Waals surface area contributed by atoms with Crippen LogP contribution in [0, 0.1) is 6.92 Å². The van der Waals surface area contributed by atoms with E-state index in [0.717, 1.165) is 24.5 Å². The maximum atomic E-state index is 11.6. The van der Waals surface area contributed by atoms with Crippen molar-refractivity contribution in [1.29, 1.82) is 0 Å². The number of carbonyl (C=O) groups excluding carboxylic acids is 1. The Hall–Kier alpha value is -1.55. The average molecular weight is 234 g/mol. The van der Waals surface area contributed by atoms with Gasteiger partial charge in [0.15, 0.2) is 5.78 Å². The molecule has 1 aromatic rings. The number of carbonyl (C=O) groups is 1. The number of nitrogens with zero attached hydrogens (tertiary/aromatic N) is 1. The molecule has 92 valence electrons. The highest BCUT2D eigenvalue weighted by molar-refractivity contribution is 5.86. The zero-order valence-electron chi connectivity index (χ0n) is 10.3. The first-order chi connectivity index (χ1) is 8.20. The largest absolute Gasteiger partial charge is 0.495 e. The van der Waals surface area contributed by atoms with Crippen LogP contribution in [-0.2, 0) is 4.79 Å². The minimum atomic E-state index is 0.214. The molecule has 1 fully saturated rings. The minimum Gasteiger partial charge on any atom is -0.495 e. The summed E-state index contributed by atoms with van der Waals surface area (Å²) in [4.78, 5) is 13.7. The van der Waals surface area contributed by atoms with Gasteiger partial charge in [-0.1, -0.05) is 6.07 Å². The summed E-state index contributed by atoms with van der Waals surface area (Å²) in [5.74, 6) is 1.04. The van der Waals surface area contributed by atoms with E-state index in [0.29, 0.717) is 13.1 Å². The van der Waals surface area contributed by atoms with Crippen molar-refractivity contribution >= 4 is 11.5 Å². The predicted octanol–water partition coefficient (Wildman–Crippen LogP) is 0.982. The topological polar surface area (TPSA) is 41.6 Å². The molecule has 0 spiro atoms. The molecule has 1 N–H and O–H groups in total. The lowest BCUT2D eigenvalue weighted by atomic mass is 10.2. The molecule has 4 heteroatoms. The van der Waals surface area contributed by atoms with E-state index in [1.165, 1.54) is 5.56 Å². The van der Waals surface area contributed by atoms with E-state index in [9.17, 15) is 4.79 Å². The van der Waals surface area contributed by atoms with Crippen LogP contribution >= 0.6 is 0 Å². The van der Waals surface area contributed by atoms with Crippen LogP contribution in [0.4, 0.5) is 5.69 Å². The van der Waals surface area contributed by atoms with Crippen LogP contribution in [0.25, 0.3) is 0 Å². The van der Waals surface area contributed by atoms with E-state index in [2.05, 4.69) is 16.3 Å². The molecular weight excluding hydrogens is 216 g/mol. The Morgan fingerprint density at radius 1 is 1.41 bits per heavy atom. The molecule has 1 aliphatic rings. The van der Waals surface area contributed by atoms with Gasteiger partial charge in [-0.2, -0.15) is 0 Å². The summed E-state index contributed by atoms with van der Waals surface area (Å²) in [7, 11) is 1.66. The van der Waals surface area contributed by atoms with Crippen molar-refractivity contribution in [2.75, 3.05) is 38.2 Å². The monoisotopic (exact) mass is 234 g/mol. The summed E-state index contributed by atoms with van der Waals surface area (Å²) < 4.78 is 5.36. The Kier molecular flexibility index (Phi) is 3.64. The highest BCUT2D eigenvalue weighted by Gasteiger charge is 2.18. The summed E-state index contributed by atoms with van der Waals surface area (Å²) >= 11 is 0. The zero-order chi connectivity index (χ0) is 12.3. The summed E-state index contributed by atoms with van der Waals surface area (Å²) in [6.45, 7) is 4.60. The van der Waals surface area contributed by atoms with Crippen LogP contribution in [-0.4, -0.2) is 39.1 Å². The predicted molar refractivity (Wildman–Crippen MR) is 67.8 cm³/mol. The lowest BCUT2D eigenvalue weighted by Crippen LogP contribution is -2.30. The van der Waals surface area contributed by atoms with Crippen molar-refractivity contribution in [3.63, 3.8) is 0 Å². The van der Waals surface area contributed by atoms with Gasteiger partial charge in [0.25, 0.3) is 0 Å². The SMILES string of the molecule is COc1ccc(C)cc1N1CCNCC(=O)C1. The fourth-order valence-electron chi connectivity index (χ4n) is 2.04. The highest BCUT2D eigenvalue weighted by atomic mass is 16.5. The van der Waals surface area contributed by atoms with Crippen molar-refractivity contribution in [3.05, 3.63) is 23.8 Å². The number of Topliss-reactive ketones (excluding diaryl/α,β-unsaturated/α-hetero) is 1. The molecule has 4 nitrogen and oxygen atoms in total. The Balaban J connectivity index is 2.30. The number of hydrogen-bond acceptors (Lipinski definition) is 4. The van der Waals surface area contributed by atoms with Crippen molar-refractivity contribution in [2.45, 2.75) is 6.92 Å². The maximum Gasteiger partial charge on any atom is 0.165 e. The number of aryl methyl sites for hydroxylation is 1. The van der Waals surface area contributed by atoms with E-state index in [4.69, 9.17) is 4.74 Å². The number of rotatable bonds is 2. The Labute approximate surface area is 102 Å². The van der Waals surface area contributed by atoms with Gasteiger partial charge in [-0.3, -0.25) is 4.79 Å². The Morgan fingerprint density at radius 3 is 3.00 bits per heavy atom. The van der Waals surface area contributed by atoms with Crippen LogP contribution in [0.3, 0.4) is 0 Å². The van der Waals surface area contributed by atoms with Crippen molar-refractivity contribution in [1.82, 2.24) is 5.32 Å². The molecule has 0 amide bonds. The van der Waals surface area contributed by atoms with Gasteiger partial charge >= 0.3 is 0 Å². The second-order valence-electron chi connectivity index (χ2n) is 4.31. The van der Waals surface area contributed by atoms with Crippen LogP contribution in [0.15, 0.2) is 18.2 Å². The minimum absolute atomic E-state index is 0.214. The molecule has 17 heavy (non-hydrogen) atoms. The van der Waals surface area contributed by atoms with Gasteiger partial charge in [-0.15, -0.1) is 0 Å². The number of ether oxygens (including phenoxy) is 1. The van der Waals surface area contributed by atoms with Crippen LogP contribution in [0.5, 0.6) is 5.75 Å². The third-order valence-electron chi connectivity index (χ3n) is 2.92. The smallest absolute Gasteiger partial charge is 0.165 e. The summed E-state index contributed by atoms with van der Waals surface area (Å²) in [6.07, 6.45) is 0. The van der Waals surface area contributed by atoms with E-state index in [1.54, 1.807) is 7.11 Å².